The Kier molecular flexibility index (Phi) is 2.72. The quantitative estimate of drug-likeness (QED) is 0.764. The molecule has 0 aliphatic heterocycles. The van der Waals surface area contributed by atoms with E-state index in [0.29, 0.717) is 17.1 Å². The third-order valence-electron chi connectivity index (χ3n) is 2.74. The van der Waals surface area contributed by atoms with Gasteiger partial charge in [-0.25, -0.2) is 9.07 Å². The zero-order chi connectivity index (χ0) is 13.2. The van der Waals surface area contributed by atoms with Crippen LogP contribution in [0.15, 0.2) is 54.9 Å². The van der Waals surface area contributed by atoms with Crippen LogP contribution in [0.4, 0.5) is 10.1 Å². The zero-order valence-corrected chi connectivity index (χ0v) is 9.99. The molecule has 0 aliphatic carbocycles. The van der Waals surface area contributed by atoms with Crippen molar-refractivity contribution < 1.29 is 4.39 Å². The van der Waals surface area contributed by atoms with E-state index >= 15 is 0 Å². The van der Waals surface area contributed by atoms with Gasteiger partial charge in [0.25, 0.3) is 0 Å². The summed E-state index contributed by atoms with van der Waals surface area (Å²) in [6.07, 6.45) is 3.38. The van der Waals surface area contributed by atoms with Crippen LogP contribution in [0.25, 0.3) is 17.1 Å². The highest BCUT2D eigenvalue weighted by Gasteiger charge is 2.10. The van der Waals surface area contributed by atoms with Crippen LogP contribution in [0.5, 0.6) is 0 Å². The van der Waals surface area contributed by atoms with Crippen LogP contribution < -0.4 is 5.73 Å². The lowest BCUT2D eigenvalue weighted by Crippen LogP contribution is -1.95. The van der Waals surface area contributed by atoms with Crippen molar-refractivity contribution in [1.29, 1.82) is 0 Å². The topological polar surface area (TPSA) is 56.7 Å². The highest BCUT2D eigenvalue weighted by Crippen LogP contribution is 2.23. The average Bonchev–Trinajstić information content (AvgIpc) is 2.83. The van der Waals surface area contributed by atoms with Crippen LogP contribution >= 0.6 is 0 Å². The van der Waals surface area contributed by atoms with Crippen LogP contribution in [0.1, 0.15) is 0 Å². The first kappa shape index (κ1) is 11.4. The first-order valence-electron chi connectivity index (χ1n) is 5.76. The summed E-state index contributed by atoms with van der Waals surface area (Å²) < 4.78 is 14.5. The Hall–Kier alpha value is -2.69. The second kappa shape index (κ2) is 4.53. The van der Waals surface area contributed by atoms with E-state index in [9.17, 15) is 4.39 Å². The van der Waals surface area contributed by atoms with E-state index in [-0.39, 0.29) is 5.82 Å². The predicted octanol–water partition coefficient (Wildman–Crippen LogP) is 2.66. The van der Waals surface area contributed by atoms with Crippen molar-refractivity contribution in [2.45, 2.75) is 0 Å². The van der Waals surface area contributed by atoms with Crippen LogP contribution in [0.2, 0.25) is 0 Å². The highest BCUT2D eigenvalue weighted by atomic mass is 19.1. The van der Waals surface area contributed by atoms with Gasteiger partial charge in [-0.2, -0.15) is 5.10 Å². The molecule has 0 amide bonds. The van der Waals surface area contributed by atoms with Crippen LogP contribution in [-0.4, -0.2) is 14.8 Å². The molecule has 0 saturated heterocycles. The Morgan fingerprint density at radius 3 is 2.53 bits per heavy atom. The van der Waals surface area contributed by atoms with E-state index in [1.54, 1.807) is 29.2 Å². The maximum atomic E-state index is 12.9. The molecule has 94 valence electrons. The van der Waals surface area contributed by atoms with Gasteiger partial charge in [-0.05, 0) is 36.4 Å². The first-order valence-corrected chi connectivity index (χ1v) is 5.76. The first-order chi connectivity index (χ1) is 9.24. The van der Waals surface area contributed by atoms with E-state index in [1.807, 2.05) is 18.2 Å². The van der Waals surface area contributed by atoms with Gasteiger partial charge in [-0.15, -0.1) is 0 Å². The van der Waals surface area contributed by atoms with Gasteiger partial charge in [-0.3, -0.25) is 4.98 Å². The minimum Gasteiger partial charge on any atom is -0.396 e. The lowest BCUT2D eigenvalue weighted by atomic mass is 10.2. The second-order valence-electron chi connectivity index (χ2n) is 4.07. The molecule has 1 aromatic carbocycles. The molecule has 0 bridgehead atoms. The van der Waals surface area contributed by atoms with Crippen molar-refractivity contribution in [3.63, 3.8) is 0 Å². The fraction of sp³-hybridized carbons (Fsp3) is 0. The van der Waals surface area contributed by atoms with Gasteiger partial charge in [0, 0.05) is 6.20 Å². The van der Waals surface area contributed by atoms with Gasteiger partial charge in [0.1, 0.15) is 11.5 Å². The van der Waals surface area contributed by atoms with Gasteiger partial charge in [0.15, 0.2) is 0 Å². The lowest BCUT2D eigenvalue weighted by molar-refractivity contribution is 0.627. The molecule has 3 rings (SSSR count). The number of benzene rings is 1. The lowest BCUT2D eigenvalue weighted by Gasteiger charge is -2.00. The number of hydrogen-bond acceptors (Lipinski definition) is 3. The molecule has 2 aromatic heterocycles. The number of anilines is 1. The zero-order valence-electron chi connectivity index (χ0n) is 9.99. The predicted molar refractivity (Wildman–Crippen MR) is 71.2 cm³/mol. The normalized spacial score (nSPS) is 10.6. The standard InChI is InChI=1S/C14H11FN4/c15-10-4-6-11(7-5-10)19-9-12(16)14(18-19)13-3-1-2-8-17-13/h1-9H,16H2. The molecule has 0 unspecified atom stereocenters. The molecule has 5 heteroatoms. The SMILES string of the molecule is Nc1cn(-c2ccc(F)cc2)nc1-c1ccccn1. The van der Waals surface area contributed by atoms with Crippen LogP contribution in [0, 0.1) is 5.82 Å². The summed E-state index contributed by atoms with van der Waals surface area (Å²) in [6.45, 7) is 0. The summed E-state index contributed by atoms with van der Waals surface area (Å²) in [6, 6.07) is 11.6. The van der Waals surface area contributed by atoms with E-state index in [4.69, 9.17) is 5.73 Å². The highest BCUT2D eigenvalue weighted by molar-refractivity contribution is 5.69. The minimum absolute atomic E-state index is 0.283. The molecule has 3 aromatic rings. The Morgan fingerprint density at radius 2 is 1.84 bits per heavy atom. The molecule has 19 heavy (non-hydrogen) atoms. The summed E-state index contributed by atoms with van der Waals surface area (Å²) in [5.41, 5.74) is 8.54. The van der Waals surface area contributed by atoms with Crippen molar-refractivity contribution in [2.24, 2.45) is 0 Å². The van der Waals surface area contributed by atoms with Crippen LogP contribution in [0.3, 0.4) is 0 Å². The van der Waals surface area contributed by atoms with Gasteiger partial charge in [-0.1, -0.05) is 6.07 Å². The number of pyridine rings is 1. The van der Waals surface area contributed by atoms with E-state index in [1.165, 1.54) is 12.1 Å². The molecule has 4 nitrogen and oxygen atoms in total. The third-order valence-corrected chi connectivity index (χ3v) is 2.74. The molecule has 0 atom stereocenters. The van der Waals surface area contributed by atoms with Gasteiger partial charge < -0.3 is 5.73 Å². The second-order valence-corrected chi connectivity index (χ2v) is 4.07. The third kappa shape index (κ3) is 2.18. The van der Waals surface area contributed by atoms with Gasteiger partial charge >= 0.3 is 0 Å². The molecular weight excluding hydrogens is 243 g/mol. The number of rotatable bonds is 2. The Bertz CT molecular complexity index is 689. The molecule has 2 heterocycles. The van der Waals surface area contributed by atoms with Crippen molar-refractivity contribution >= 4 is 5.69 Å². The fourth-order valence-electron chi connectivity index (χ4n) is 1.82. The Morgan fingerprint density at radius 1 is 1.05 bits per heavy atom. The largest absolute Gasteiger partial charge is 0.396 e. The molecule has 0 fully saturated rings. The summed E-state index contributed by atoms with van der Waals surface area (Å²) >= 11 is 0. The molecule has 2 N–H and O–H groups in total. The number of nitrogen functional groups attached to an aromatic ring is 1. The van der Waals surface area contributed by atoms with Crippen molar-refractivity contribution in [3.8, 4) is 17.1 Å². The number of aromatic nitrogens is 3. The maximum absolute atomic E-state index is 12.9. The van der Waals surface area contributed by atoms with E-state index < -0.39 is 0 Å². The Labute approximate surface area is 109 Å². The monoisotopic (exact) mass is 254 g/mol. The molecular formula is C14H11FN4. The van der Waals surface area contributed by atoms with Gasteiger partial charge in [0.2, 0.25) is 0 Å². The molecule has 0 spiro atoms. The molecule has 0 radical (unpaired) electrons. The van der Waals surface area contributed by atoms with E-state index in [0.717, 1.165) is 5.69 Å². The number of nitrogens with zero attached hydrogens (tertiary/aromatic N) is 3. The summed E-state index contributed by atoms with van der Waals surface area (Å²) in [5.74, 6) is -0.283. The fourth-order valence-corrected chi connectivity index (χ4v) is 1.82. The Balaban J connectivity index is 2.04. The molecule has 0 aliphatic rings. The number of nitrogens with two attached hydrogens (primary N) is 1. The summed E-state index contributed by atoms with van der Waals surface area (Å²) in [7, 11) is 0. The minimum atomic E-state index is -0.283. The van der Waals surface area contributed by atoms with Crippen LogP contribution in [-0.2, 0) is 0 Å². The van der Waals surface area contributed by atoms with Gasteiger partial charge in [0.05, 0.1) is 23.3 Å². The number of halogens is 1. The average molecular weight is 254 g/mol. The summed E-state index contributed by atoms with van der Waals surface area (Å²) in [5, 5.41) is 4.39. The van der Waals surface area contributed by atoms with E-state index in [2.05, 4.69) is 10.1 Å². The van der Waals surface area contributed by atoms with Crippen molar-refractivity contribution in [2.75, 3.05) is 5.73 Å². The number of hydrogen-bond donors (Lipinski definition) is 1. The maximum Gasteiger partial charge on any atom is 0.134 e. The summed E-state index contributed by atoms with van der Waals surface area (Å²) in [4.78, 5) is 4.22. The van der Waals surface area contributed by atoms with Crippen molar-refractivity contribution in [3.05, 3.63) is 60.7 Å². The van der Waals surface area contributed by atoms with Crippen molar-refractivity contribution in [1.82, 2.24) is 14.8 Å². The molecule has 0 saturated carbocycles. The smallest absolute Gasteiger partial charge is 0.134 e.